The maximum absolute atomic E-state index is 11.9. The smallest absolute Gasteiger partial charge is 0.265 e. The van der Waals surface area contributed by atoms with Crippen molar-refractivity contribution in [3.8, 4) is 0 Å². The number of halogens is 2. The number of anilines is 1. The van der Waals surface area contributed by atoms with E-state index in [1.54, 1.807) is 6.07 Å². The lowest BCUT2D eigenvalue weighted by Gasteiger charge is -2.04. The quantitative estimate of drug-likeness (QED) is 0.778. The van der Waals surface area contributed by atoms with Crippen molar-refractivity contribution in [2.45, 2.75) is 5.33 Å². The van der Waals surface area contributed by atoms with E-state index in [0.29, 0.717) is 4.88 Å². The molecule has 0 spiro atoms. The van der Waals surface area contributed by atoms with Gasteiger partial charge in [-0.05, 0) is 45.8 Å². The zero-order chi connectivity index (χ0) is 12.3. The van der Waals surface area contributed by atoms with Gasteiger partial charge in [0.05, 0.1) is 8.66 Å². The number of rotatable bonds is 3. The molecule has 0 saturated heterocycles. The summed E-state index contributed by atoms with van der Waals surface area (Å²) in [4.78, 5) is 12.5. The minimum atomic E-state index is -0.0766. The number of carbonyl (C=O) groups is 1. The fraction of sp³-hybridized carbons (Fsp3) is 0.0833. The molecule has 1 N–H and O–H groups in total. The van der Waals surface area contributed by atoms with Gasteiger partial charge in [0.15, 0.2) is 0 Å². The van der Waals surface area contributed by atoms with Gasteiger partial charge in [0.2, 0.25) is 0 Å². The Morgan fingerprint density at radius 3 is 2.41 bits per heavy atom. The monoisotopic (exact) mass is 373 g/mol. The first-order valence-electron chi connectivity index (χ1n) is 4.90. The van der Waals surface area contributed by atoms with Crippen molar-refractivity contribution in [3.63, 3.8) is 0 Å². The highest BCUT2D eigenvalue weighted by atomic mass is 79.9. The average Bonchev–Trinajstić information content (AvgIpc) is 2.77. The first-order chi connectivity index (χ1) is 8.19. The first-order valence-corrected chi connectivity index (χ1v) is 7.64. The number of nitrogens with one attached hydrogen (secondary N) is 1. The predicted molar refractivity (Wildman–Crippen MR) is 79.0 cm³/mol. The van der Waals surface area contributed by atoms with Crippen molar-refractivity contribution in [1.29, 1.82) is 0 Å². The molecule has 1 aromatic heterocycles. The van der Waals surface area contributed by atoms with Crippen molar-refractivity contribution in [1.82, 2.24) is 0 Å². The van der Waals surface area contributed by atoms with Crippen LogP contribution in [0.2, 0.25) is 0 Å². The lowest BCUT2D eigenvalue weighted by molar-refractivity contribution is 0.103. The van der Waals surface area contributed by atoms with Crippen LogP contribution in [0.25, 0.3) is 0 Å². The second-order valence-electron chi connectivity index (χ2n) is 3.39. The second-order valence-corrected chi connectivity index (χ2v) is 6.41. The molecule has 2 aromatic rings. The summed E-state index contributed by atoms with van der Waals surface area (Å²) in [5.74, 6) is -0.0766. The van der Waals surface area contributed by atoms with Crippen molar-refractivity contribution >= 4 is 54.8 Å². The summed E-state index contributed by atoms with van der Waals surface area (Å²) in [6, 6.07) is 11.4. The van der Waals surface area contributed by atoms with E-state index in [9.17, 15) is 4.79 Å². The molecular formula is C12H9Br2NOS. The van der Waals surface area contributed by atoms with E-state index < -0.39 is 0 Å². The molecule has 0 unspecified atom stereocenters. The molecule has 0 aliphatic carbocycles. The minimum Gasteiger partial charge on any atom is -0.321 e. The molecule has 1 heterocycles. The fourth-order valence-corrected chi connectivity index (χ4v) is 2.96. The van der Waals surface area contributed by atoms with Crippen LogP contribution in [0.1, 0.15) is 15.2 Å². The largest absolute Gasteiger partial charge is 0.321 e. The van der Waals surface area contributed by atoms with E-state index in [1.165, 1.54) is 16.9 Å². The highest BCUT2D eigenvalue weighted by Gasteiger charge is 2.08. The molecule has 5 heteroatoms. The van der Waals surface area contributed by atoms with Crippen molar-refractivity contribution in [2.24, 2.45) is 0 Å². The predicted octanol–water partition coefficient (Wildman–Crippen LogP) is 4.66. The number of carbonyl (C=O) groups excluding carboxylic acids is 1. The molecule has 88 valence electrons. The highest BCUT2D eigenvalue weighted by molar-refractivity contribution is 9.11. The minimum absolute atomic E-state index is 0.0766. The zero-order valence-electron chi connectivity index (χ0n) is 8.74. The van der Waals surface area contributed by atoms with E-state index in [0.717, 1.165) is 14.8 Å². The normalized spacial score (nSPS) is 10.2. The lowest BCUT2D eigenvalue weighted by atomic mass is 10.2. The summed E-state index contributed by atoms with van der Waals surface area (Å²) in [6.45, 7) is 0. The third-order valence-electron chi connectivity index (χ3n) is 2.16. The van der Waals surface area contributed by atoms with Crippen LogP contribution in [-0.4, -0.2) is 5.91 Å². The zero-order valence-corrected chi connectivity index (χ0v) is 12.7. The summed E-state index contributed by atoms with van der Waals surface area (Å²) in [5, 5.41) is 3.68. The molecule has 0 aliphatic rings. The Morgan fingerprint density at radius 2 is 1.88 bits per heavy atom. The second kappa shape index (κ2) is 5.80. The average molecular weight is 375 g/mol. The molecule has 1 amide bonds. The summed E-state index contributed by atoms with van der Waals surface area (Å²) < 4.78 is 0.956. The molecule has 2 rings (SSSR count). The van der Waals surface area contributed by atoms with Gasteiger partial charge in [-0.15, -0.1) is 11.3 Å². The third kappa shape index (κ3) is 3.40. The Hall–Kier alpha value is -0.650. The van der Waals surface area contributed by atoms with Gasteiger partial charge >= 0.3 is 0 Å². The van der Waals surface area contributed by atoms with Gasteiger partial charge in [-0.1, -0.05) is 28.1 Å². The van der Waals surface area contributed by atoms with Crippen LogP contribution in [0.4, 0.5) is 5.69 Å². The molecule has 1 aromatic carbocycles. The number of alkyl halides is 1. The van der Waals surface area contributed by atoms with Gasteiger partial charge in [-0.25, -0.2) is 0 Å². The van der Waals surface area contributed by atoms with Gasteiger partial charge in [-0.2, -0.15) is 0 Å². The van der Waals surface area contributed by atoms with Crippen molar-refractivity contribution < 1.29 is 4.79 Å². The summed E-state index contributed by atoms with van der Waals surface area (Å²) >= 11 is 8.14. The lowest BCUT2D eigenvalue weighted by Crippen LogP contribution is -2.09. The van der Waals surface area contributed by atoms with E-state index in [4.69, 9.17) is 0 Å². The third-order valence-corrected chi connectivity index (χ3v) is 4.43. The SMILES string of the molecule is O=C(Nc1ccc(CBr)cc1)c1ccc(Br)s1. The Morgan fingerprint density at radius 1 is 1.18 bits per heavy atom. The van der Waals surface area contributed by atoms with Crippen LogP contribution in [0.15, 0.2) is 40.2 Å². The Labute approximate surface area is 120 Å². The van der Waals surface area contributed by atoms with Crippen LogP contribution >= 0.6 is 43.2 Å². The standard InChI is InChI=1S/C12H9Br2NOS/c13-7-8-1-3-9(4-2-8)15-12(16)10-5-6-11(14)17-10/h1-6H,7H2,(H,15,16). The van der Waals surface area contributed by atoms with Crippen LogP contribution < -0.4 is 5.32 Å². The number of thiophene rings is 1. The van der Waals surface area contributed by atoms with E-state index in [-0.39, 0.29) is 5.91 Å². The highest BCUT2D eigenvalue weighted by Crippen LogP contribution is 2.23. The molecule has 17 heavy (non-hydrogen) atoms. The molecule has 2 nitrogen and oxygen atoms in total. The van der Waals surface area contributed by atoms with Crippen LogP contribution in [0, 0.1) is 0 Å². The van der Waals surface area contributed by atoms with E-state index in [1.807, 2.05) is 30.3 Å². The molecule has 0 saturated carbocycles. The maximum atomic E-state index is 11.9. The summed E-state index contributed by atoms with van der Waals surface area (Å²) in [6.07, 6.45) is 0. The van der Waals surface area contributed by atoms with Gasteiger partial charge < -0.3 is 5.32 Å². The fourth-order valence-electron chi connectivity index (χ4n) is 1.31. The molecule has 0 atom stereocenters. The summed E-state index contributed by atoms with van der Waals surface area (Å²) in [5.41, 5.74) is 1.99. The van der Waals surface area contributed by atoms with Crippen LogP contribution in [0.5, 0.6) is 0 Å². The molecule has 0 aliphatic heterocycles. The van der Waals surface area contributed by atoms with E-state index >= 15 is 0 Å². The van der Waals surface area contributed by atoms with Crippen molar-refractivity contribution in [2.75, 3.05) is 5.32 Å². The topological polar surface area (TPSA) is 29.1 Å². The van der Waals surface area contributed by atoms with Crippen LogP contribution in [-0.2, 0) is 5.33 Å². The Bertz CT molecular complexity index is 522. The Kier molecular flexibility index (Phi) is 4.36. The van der Waals surface area contributed by atoms with Crippen molar-refractivity contribution in [3.05, 3.63) is 50.6 Å². The van der Waals surface area contributed by atoms with Gasteiger partial charge in [0.1, 0.15) is 0 Å². The number of benzene rings is 1. The number of hydrogen-bond donors (Lipinski definition) is 1. The molecule has 0 radical (unpaired) electrons. The van der Waals surface area contributed by atoms with Gasteiger partial charge in [0.25, 0.3) is 5.91 Å². The first kappa shape index (κ1) is 12.8. The number of amides is 1. The summed E-state index contributed by atoms with van der Waals surface area (Å²) in [7, 11) is 0. The molecule has 0 fully saturated rings. The van der Waals surface area contributed by atoms with Gasteiger partial charge in [0, 0.05) is 11.0 Å². The van der Waals surface area contributed by atoms with Crippen LogP contribution in [0.3, 0.4) is 0 Å². The Balaban J connectivity index is 2.07. The number of hydrogen-bond acceptors (Lipinski definition) is 2. The molecular weight excluding hydrogens is 366 g/mol. The van der Waals surface area contributed by atoms with Gasteiger partial charge in [-0.3, -0.25) is 4.79 Å². The maximum Gasteiger partial charge on any atom is 0.265 e. The molecule has 0 bridgehead atoms. The van der Waals surface area contributed by atoms with E-state index in [2.05, 4.69) is 37.2 Å².